The largest absolute Gasteiger partial charge is 0.188 e. The van der Waals surface area contributed by atoms with Gasteiger partial charge in [-0.05, 0) is 35.1 Å². The summed E-state index contributed by atoms with van der Waals surface area (Å²) in [7, 11) is 0. The Balaban J connectivity index is 2.69. The first-order chi connectivity index (χ1) is 7.09. The average molecular weight is 200 g/mol. The molecule has 0 aliphatic carbocycles. The lowest BCUT2D eigenvalue weighted by Crippen LogP contribution is -1.94. The lowest BCUT2D eigenvalue weighted by atomic mass is 9.92. The average Bonchev–Trinajstić information content (AvgIpc) is 2.48. The Morgan fingerprint density at radius 1 is 0.933 bits per heavy atom. The highest BCUT2D eigenvalue weighted by Gasteiger charge is 2.16. The smallest absolute Gasteiger partial charge is 0.100 e. The molecule has 0 saturated heterocycles. The molecule has 0 atom stereocenters. The number of hydrogen-bond donors (Lipinski definition) is 0. The first-order valence-electron chi connectivity index (χ1n) is 5.44. The molecule has 0 saturated carbocycles. The lowest BCUT2D eigenvalue weighted by molar-refractivity contribution is 0.836. The highest BCUT2D eigenvalue weighted by Crippen LogP contribution is 2.39. The van der Waals surface area contributed by atoms with Gasteiger partial charge in [0.05, 0.1) is 11.4 Å². The predicted molar refractivity (Wildman–Crippen MR) is 63.8 cm³/mol. The van der Waals surface area contributed by atoms with Gasteiger partial charge in [-0.15, -0.1) is 0 Å². The summed E-state index contributed by atoms with van der Waals surface area (Å²) in [6.07, 6.45) is 0. The fraction of sp³-hybridized carbons (Fsp3) is 0.462. The third-order valence-corrected chi connectivity index (χ3v) is 2.74. The van der Waals surface area contributed by atoms with Crippen LogP contribution in [0, 0.1) is 0 Å². The number of hydrogen-bond acceptors (Lipinski definition) is 2. The first-order valence-corrected chi connectivity index (χ1v) is 5.44. The van der Waals surface area contributed by atoms with Crippen molar-refractivity contribution in [3.05, 3.63) is 23.3 Å². The van der Waals surface area contributed by atoms with Gasteiger partial charge < -0.3 is 0 Å². The Labute approximate surface area is 90.8 Å². The van der Waals surface area contributed by atoms with Crippen molar-refractivity contribution >= 4 is 17.4 Å². The van der Waals surface area contributed by atoms with Crippen molar-refractivity contribution in [3.8, 4) is 0 Å². The summed E-state index contributed by atoms with van der Waals surface area (Å²) in [6, 6.07) is 6.99. The van der Waals surface area contributed by atoms with Crippen LogP contribution in [0.1, 0.15) is 50.7 Å². The Kier molecular flexibility index (Phi) is 2.45. The van der Waals surface area contributed by atoms with Crippen LogP contribution in [0.5, 0.6) is 0 Å². The second-order valence-electron chi connectivity index (χ2n) is 4.61. The van der Waals surface area contributed by atoms with Crippen molar-refractivity contribution < 1.29 is 0 Å². The first kappa shape index (κ1) is 10.1. The molecular formula is C13H16N2. The Hall–Kier alpha value is -1.40. The lowest BCUT2D eigenvalue weighted by Gasteiger charge is -2.15. The summed E-state index contributed by atoms with van der Waals surface area (Å²) >= 11 is 0. The van der Waals surface area contributed by atoms with Crippen molar-refractivity contribution in [2.24, 2.45) is 9.98 Å². The number of rotatable bonds is 2. The molecule has 0 radical (unpaired) electrons. The Morgan fingerprint density at radius 2 is 1.47 bits per heavy atom. The number of benzene rings is 1. The molecule has 2 aliphatic heterocycles. The third-order valence-electron chi connectivity index (χ3n) is 2.74. The van der Waals surface area contributed by atoms with Crippen LogP contribution in [0.4, 0.5) is 11.4 Å². The summed E-state index contributed by atoms with van der Waals surface area (Å²) < 4.78 is 0. The molecule has 0 N–H and O–H groups in total. The summed E-state index contributed by atoms with van der Waals surface area (Å²) in [5.41, 5.74) is 4.62. The van der Waals surface area contributed by atoms with Gasteiger partial charge in [-0.2, -0.15) is 9.98 Å². The number of nitrogens with zero attached hydrogens (tertiary/aromatic N) is 2. The van der Waals surface area contributed by atoms with Crippen LogP contribution < -0.4 is 0 Å². The maximum absolute atomic E-state index is 4.33. The molecule has 2 nitrogen and oxygen atoms in total. The minimum atomic E-state index is 0.483. The molecule has 2 bridgehead atoms. The van der Waals surface area contributed by atoms with Crippen LogP contribution in [0.2, 0.25) is 0 Å². The minimum Gasteiger partial charge on any atom is -0.188 e. The summed E-state index contributed by atoms with van der Waals surface area (Å²) in [5, 5.41) is 0. The van der Waals surface area contributed by atoms with Crippen molar-refractivity contribution in [2.45, 2.75) is 39.5 Å². The van der Waals surface area contributed by atoms with E-state index >= 15 is 0 Å². The van der Waals surface area contributed by atoms with Crippen molar-refractivity contribution in [1.82, 2.24) is 0 Å². The predicted octanol–water partition coefficient (Wildman–Crippen LogP) is 4.38. The van der Waals surface area contributed by atoms with Crippen LogP contribution in [0.15, 0.2) is 22.1 Å². The maximum atomic E-state index is 4.33. The van der Waals surface area contributed by atoms with Gasteiger partial charge >= 0.3 is 0 Å². The molecule has 0 unspecified atom stereocenters. The van der Waals surface area contributed by atoms with Crippen LogP contribution in [-0.4, -0.2) is 6.01 Å². The molecule has 2 heterocycles. The molecule has 0 aromatic heterocycles. The van der Waals surface area contributed by atoms with Gasteiger partial charge in [-0.25, -0.2) is 0 Å². The van der Waals surface area contributed by atoms with Gasteiger partial charge in [0.25, 0.3) is 0 Å². The summed E-state index contributed by atoms with van der Waals surface area (Å²) in [6.45, 7) is 8.75. The van der Waals surface area contributed by atoms with E-state index in [0.29, 0.717) is 11.8 Å². The molecule has 0 fully saturated rings. The molecule has 1 aromatic rings. The molecule has 0 spiro atoms. The van der Waals surface area contributed by atoms with E-state index in [1.54, 1.807) is 0 Å². The fourth-order valence-corrected chi connectivity index (χ4v) is 1.87. The van der Waals surface area contributed by atoms with Gasteiger partial charge in [0.15, 0.2) is 0 Å². The molecule has 3 rings (SSSR count). The van der Waals surface area contributed by atoms with Crippen molar-refractivity contribution in [2.75, 3.05) is 0 Å². The van der Waals surface area contributed by atoms with Gasteiger partial charge in [0.2, 0.25) is 0 Å². The van der Waals surface area contributed by atoms with E-state index in [9.17, 15) is 0 Å². The second kappa shape index (κ2) is 3.63. The van der Waals surface area contributed by atoms with Crippen LogP contribution in [-0.2, 0) is 0 Å². The van der Waals surface area contributed by atoms with E-state index in [1.807, 2.05) is 0 Å². The SMILES string of the molecule is CC(C)c1cc2cc(C(C)C)c1N=C=N2. The second-order valence-corrected chi connectivity index (χ2v) is 4.61. The zero-order chi connectivity index (χ0) is 11.0. The highest BCUT2D eigenvalue weighted by molar-refractivity contribution is 5.71. The van der Waals surface area contributed by atoms with Crippen LogP contribution >= 0.6 is 0 Å². The highest BCUT2D eigenvalue weighted by atomic mass is 14.8. The van der Waals surface area contributed by atoms with E-state index in [-0.39, 0.29) is 0 Å². The van der Waals surface area contributed by atoms with E-state index < -0.39 is 0 Å². The van der Waals surface area contributed by atoms with Gasteiger partial charge in [-0.3, -0.25) is 0 Å². The van der Waals surface area contributed by atoms with E-state index in [2.05, 4.69) is 55.8 Å². The molecule has 2 heteroatoms. The summed E-state index contributed by atoms with van der Waals surface area (Å²) in [4.78, 5) is 8.51. The third kappa shape index (κ3) is 1.73. The Morgan fingerprint density at radius 3 is 1.93 bits per heavy atom. The van der Waals surface area contributed by atoms with Gasteiger partial charge in [-0.1, -0.05) is 27.7 Å². The number of fused-ring (bicyclic) bond motifs is 2. The van der Waals surface area contributed by atoms with Gasteiger partial charge in [0, 0.05) is 0 Å². The standard InChI is InChI=1S/C13H16N2/c1-8(2)11-5-10-6-12(9(3)4)13(11)15-7-14-10/h5-6,8-9H,1-4H3. The number of aliphatic imine (C=N–C) groups is 2. The minimum absolute atomic E-state index is 0.483. The molecule has 15 heavy (non-hydrogen) atoms. The summed E-state index contributed by atoms with van der Waals surface area (Å²) in [5.74, 6) is 0.965. The van der Waals surface area contributed by atoms with E-state index in [0.717, 1.165) is 11.4 Å². The molecule has 78 valence electrons. The topological polar surface area (TPSA) is 24.7 Å². The monoisotopic (exact) mass is 200 g/mol. The zero-order valence-corrected chi connectivity index (χ0v) is 9.70. The molecular weight excluding hydrogens is 184 g/mol. The normalized spacial score (nSPS) is 12.9. The molecule has 2 aliphatic rings. The van der Waals surface area contributed by atoms with Crippen molar-refractivity contribution in [1.29, 1.82) is 0 Å². The quantitative estimate of drug-likeness (QED) is 0.687. The van der Waals surface area contributed by atoms with E-state index in [4.69, 9.17) is 0 Å². The maximum Gasteiger partial charge on any atom is 0.100 e. The van der Waals surface area contributed by atoms with Gasteiger partial charge in [0.1, 0.15) is 6.01 Å². The zero-order valence-electron chi connectivity index (χ0n) is 9.70. The Bertz CT molecular complexity index is 421. The van der Waals surface area contributed by atoms with Crippen LogP contribution in [0.3, 0.4) is 0 Å². The molecule has 0 amide bonds. The fourth-order valence-electron chi connectivity index (χ4n) is 1.87. The van der Waals surface area contributed by atoms with Crippen molar-refractivity contribution in [3.63, 3.8) is 0 Å². The van der Waals surface area contributed by atoms with Crippen LogP contribution in [0.25, 0.3) is 0 Å². The van der Waals surface area contributed by atoms with E-state index in [1.165, 1.54) is 11.1 Å². The molecule has 1 aromatic carbocycles.